The number of hydrogen-bond donors (Lipinski definition) is 1. The van der Waals surface area contributed by atoms with Gasteiger partial charge in [-0.2, -0.15) is 5.10 Å². The van der Waals surface area contributed by atoms with Gasteiger partial charge in [-0.15, -0.1) is 0 Å². The molecule has 0 aliphatic carbocycles. The molecule has 90 valence electrons. The maximum absolute atomic E-state index is 13.0. The molecule has 1 aliphatic heterocycles. The highest BCUT2D eigenvalue weighted by molar-refractivity contribution is 5.60. The standard InChI is InChI=1S/C13H16FN3/c1-3-11(14)7-6-10(2)17-13-5-4-8-15-12(13)9-16-17/h3,6-7,9,15H,2,4-5,8H2,1H3/b7-6-,11-3+. The molecule has 0 bridgehead atoms. The van der Waals surface area contributed by atoms with E-state index < -0.39 is 0 Å². The molecule has 0 spiro atoms. The first kappa shape index (κ1) is 11.6. The number of anilines is 1. The van der Waals surface area contributed by atoms with Crippen LogP contribution in [-0.4, -0.2) is 16.3 Å². The van der Waals surface area contributed by atoms with E-state index >= 15 is 0 Å². The Kier molecular flexibility index (Phi) is 3.42. The first-order valence-corrected chi connectivity index (χ1v) is 5.72. The lowest BCUT2D eigenvalue weighted by molar-refractivity contribution is 0.664. The molecule has 1 aromatic rings. The zero-order chi connectivity index (χ0) is 12.3. The van der Waals surface area contributed by atoms with Gasteiger partial charge in [0.25, 0.3) is 0 Å². The van der Waals surface area contributed by atoms with Crippen LogP contribution in [0.3, 0.4) is 0 Å². The molecule has 4 heteroatoms. The van der Waals surface area contributed by atoms with Gasteiger partial charge < -0.3 is 5.32 Å². The van der Waals surface area contributed by atoms with Crippen LogP contribution in [0.15, 0.2) is 36.8 Å². The Hall–Kier alpha value is -1.84. The normalized spacial score (nSPS) is 15.8. The number of nitrogens with one attached hydrogen (secondary N) is 1. The monoisotopic (exact) mass is 233 g/mol. The molecule has 0 aromatic carbocycles. The average molecular weight is 233 g/mol. The van der Waals surface area contributed by atoms with Gasteiger partial charge >= 0.3 is 0 Å². The van der Waals surface area contributed by atoms with E-state index in [1.165, 1.54) is 12.2 Å². The number of aromatic nitrogens is 2. The van der Waals surface area contributed by atoms with Gasteiger partial charge in [-0.05, 0) is 31.9 Å². The molecule has 1 aromatic heterocycles. The zero-order valence-electron chi connectivity index (χ0n) is 9.91. The fraction of sp³-hybridized carbons (Fsp3) is 0.308. The van der Waals surface area contributed by atoms with E-state index in [1.807, 2.05) is 0 Å². The van der Waals surface area contributed by atoms with Crippen LogP contribution in [0, 0.1) is 0 Å². The summed E-state index contributed by atoms with van der Waals surface area (Å²) >= 11 is 0. The molecule has 1 aliphatic rings. The van der Waals surface area contributed by atoms with Crippen molar-refractivity contribution >= 4 is 11.4 Å². The Morgan fingerprint density at radius 2 is 2.41 bits per heavy atom. The Bertz CT molecular complexity index is 483. The van der Waals surface area contributed by atoms with Crippen molar-refractivity contribution in [1.29, 1.82) is 0 Å². The molecule has 2 heterocycles. The smallest absolute Gasteiger partial charge is 0.119 e. The average Bonchev–Trinajstić information content (AvgIpc) is 2.79. The van der Waals surface area contributed by atoms with Crippen LogP contribution in [0.5, 0.6) is 0 Å². The highest BCUT2D eigenvalue weighted by Crippen LogP contribution is 2.23. The Balaban J connectivity index is 2.20. The number of nitrogens with zero attached hydrogens (tertiary/aromatic N) is 2. The molecule has 0 saturated carbocycles. The molecule has 0 atom stereocenters. The van der Waals surface area contributed by atoms with Crippen molar-refractivity contribution in [2.24, 2.45) is 0 Å². The Morgan fingerprint density at radius 3 is 3.18 bits per heavy atom. The quantitative estimate of drug-likeness (QED) is 0.813. The van der Waals surface area contributed by atoms with Crippen molar-refractivity contribution in [1.82, 2.24) is 9.78 Å². The summed E-state index contributed by atoms with van der Waals surface area (Å²) in [6.45, 7) is 6.54. The summed E-state index contributed by atoms with van der Waals surface area (Å²) in [6, 6.07) is 0. The largest absolute Gasteiger partial charge is 0.382 e. The van der Waals surface area contributed by atoms with E-state index in [9.17, 15) is 4.39 Å². The molecular formula is C13H16FN3. The molecule has 0 radical (unpaired) electrons. The SMILES string of the molecule is C=C(/C=C\C(F)=C/C)n1ncc2c1CCCN2. The van der Waals surface area contributed by atoms with Crippen LogP contribution in [0.4, 0.5) is 10.1 Å². The van der Waals surface area contributed by atoms with Gasteiger partial charge in [0.2, 0.25) is 0 Å². The van der Waals surface area contributed by atoms with Crippen molar-refractivity contribution in [2.75, 3.05) is 11.9 Å². The summed E-state index contributed by atoms with van der Waals surface area (Å²) in [4.78, 5) is 0. The van der Waals surface area contributed by atoms with Gasteiger partial charge in [0.05, 0.1) is 23.3 Å². The second kappa shape index (κ2) is 4.99. The minimum Gasteiger partial charge on any atom is -0.382 e. The molecule has 0 amide bonds. The van der Waals surface area contributed by atoms with Crippen LogP contribution in [0.2, 0.25) is 0 Å². The van der Waals surface area contributed by atoms with E-state index in [0.29, 0.717) is 5.70 Å². The third-order valence-electron chi connectivity index (χ3n) is 2.76. The first-order chi connectivity index (χ1) is 8.22. The van der Waals surface area contributed by atoms with E-state index in [4.69, 9.17) is 0 Å². The molecular weight excluding hydrogens is 217 g/mol. The van der Waals surface area contributed by atoms with Gasteiger partial charge in [-0.1, -0.05) is 12.7 Å². The number of hydrogen-bond acceptors (Lipinski definition) is 2. The van der Waals surface area contributed by atoms with Gasteiger partial charge in [-0.25, -0.2) is 9.07 Å². The second-order valence-electron chi connectivity index (χ2n) is 3.95. The topological polar surface area (TPSA) is 29.9 Å². The molecule has 3 nitrogen and oxygen atoms in total. The van der Waals surface area contributed by atoms with Crippen LogP contribution < -0.4 is 5.32 Å². The van der Waals surface area contributed by atoms with Crippen molar-refractivity contribution in [3.8, 4) is 0 Å². The lowest BCUT2D eigenvalue weighted by Gasteiger charge is -2.15. The van der Waals surface area contributed by atoms with Crippen molar-refractivity contribution in [2.45, 2.75) is 19.8 Å². The summed E-state index contributed by atoms with van der Waals surface area (Å²) in [5.74, 6) is -0.273. The van der Waals surface area contributed by atoms with Crippen molar-refractivity contribution < 1.29 is 4.39 Å². The summed E-state index contributed by atoms with van der Waals surface area (Å²) < 4.78 is 14.7. The maximum Gasteiger partial charge on any atom is 0.119 e. The van der Waals surface area contributed by atoms with Crippen molar-refractivity contribution in [3.05, 3.63) is 42.5 Å². The van der Waals surface area contributed by atoms with Crippen LogP contribution in [-0.2, 0) is 6.42 Å². The molecule has 2 rings (SSSR count). The van der Waals surface area contributed by atoms with Crippen LogP contribution in [0.25, 0.3) is 5.70 Å². The molecule has 17 heavy (non-hydrogen) atoms. The Morgan fingerprint density at radius 1 is 1.59 bits per heavy atom. The lowest BCUT2D eigenvalue weighted by Crippen LogP contribution is -2.13. The summed E-state index contributed by atoms with van der Waals surface area (Å²) in [5.41, 5.74) is 2.84. The van der Waals surface area contributed by atoms with E-state index in [0.717, 1.165) is 30.8 Å². The third kappa shape index (κ3) is 2.46. The van der Waals surface area contributed by atoms with Gasteiger partial charge in [0.15, 0.2) is 0 Å². The van der Waals surface area contributed by atoms with E-state index in [1.54, 1.807) is 23.9 Å². The second-order valence-corrected chi connectivity index (χ2v) is 3.95. The lowest BCUT2D eigenvalue weighted by atomic mass is 10.1. The molecule has 0 fully saturated rings. The summed E-state index contributed by atoms with van der Waals surface area (Å²) in [7, 11) is 0. The molecule has 0 unspecified atom stereocenters. The summed E-state index contributed by atoms with van der Waals surface area (Å²) in [6.07, 6.45) is 8.29. The van der Waals surface area contributed by atoms with Crippen LogP contribution >= 0.6 is 0 Å². The van der Waals surface area contributed by atoms with Crippen molar-refractivity contribution in [3.63, 3.8) is 0 Å². The first-order valence-electron chi connectivity index (χ1n) is 5.72. The van der Waals surface area contributed by atoms with Crippen LogP contribution in [0.1, 0.15) is 19.0 Å². The fourth-order valence-electron chi connectivity index (χ4n) is 1.83. The number of rotatable bonds is 3. The Labute approximate surface area is 100 Å². The number of fused-ring (bicyclic) bond motifs is 1. The van der Waals surface area contributed by atoms with E-state index in [-0.39, 0.29) is 5.83 Å². The zero-order valence-corrected chi connectivity index (χ0v) is 9.91. The predicted molar refractivity (Wildman–Crippen MR) is 68.4 cm³/mol. The minimum atomic E-state index is -0.273. The third-order valence-corrected chi connectivity index (χ3v) is 2.76. The highest BCUT2D eigenvalue weighted by Gasteiger charge is 2.14. The van der Waals surface area contributed by atoms with E-state index in [2.05, 4.69) is 17.0 Å². The van der Waals surface area contributed by atoms with Gasteiger partial charge in [0.1, 0.15) is 5.83 Å². The predicted octanol–water partition coefficient (Wildman–Crippen LogP) is 3.14. The molecule has 1 N–H and O–H groups in total. The number of halogens is 1. The van der Waals surface area contributed by atoms with Gasteiger partial charge in [-0.3, -0.25) is 0 Å². The maximum atomic E-state index is 13.0. The number of allylic oxidation sites excluding steroid dienone is 5. The highest BCUT2D eigenvalue weighted by atomic mass is 19.1. The van der Waals surface area contributed by atoms with Gasteiger partial charge in [0, 0.05) is 6.54 Å². The minimum absolute atomic E-state index is 0.273. The summed E-state index contributed by atoms with van der Waals surface area (Å²) in [5, 5.41) is 7.54. The fourth-order valence-corrected chi connectivity index (χ4v) is 1.83. The molecule has 0 saturated heterocycles.